The molecule has 1 saturated carbocycles. The van der Waals surface area contributed by atoms with Gasteiger partial charge in [-0.2, -0.15) is 5.10 Å². The monoisotopic (exact) mass is 393 g/mol. The molecule has 1 fully saturated rings. The van der Waals surface area contributed by atoms with Crippen molar-refractivity contribution >= 4 is 0 Å². The molecule has 0 amide bonds. The maximum Gasteiger partial charge on any atom is 0.158 e. The van der Waals surface area contributed by atoms with Crippen molar-refractivity contribution < 1.29 is 13.5 Å². The number of pyridine rings is 1. The van der Waals surface area contributed by atoms with Gasteiger partial charge in [0.1, 0.15) is 23.1 Å². The Morgan fingerprint density at radius 2 is 1.83 bits per heavy atom. The van der Waals surface area contributed by atoms with Crippen LogP contribution in [-0.2, 0) is 5.60 Å². The summed E-state index contributed by atoms with van der Waals surface area (Å²) in [5.74, 6) is -0.352. The molecule has 2 bridgehead atoms. The van der Waals surface area contributed by atoms with E-state index in [0.29, 0.717) is 0 Å². The van der Waals surface area contributed by atoms with Crippen LogP contribution in [0.2, 0.25) is 0 Å². The molecular formula is C23H21F2N3O. The Balaban J connectivity index is 1.64. The molecule has 6 heteroatoms. The minimum atomic E-state index is -0.639. The molecule has 1 unspecified atom stereocenters. The van der Waals surface area contributed by atoms with E-state index in [4.69, 9.17) is 4.74 Å². The summed E-state index contributed by atoms with van der Waals surface area (Å²) in [6.45, 7) is 6.26. The topological polar surface area (TPSA) is 47.9 Å². The highest BCUT2D eigenvalue weighted by atomic mass is 19.1. The van der Waals surface area contributed by atoms with Gasteiger partial charge in [0, 0.05) is 23.4 Å². The van der Waals surface area contributed by atoms with Gasteiger partial charge < -0.3 is 4.74 Å². The highest BCUT2D eigenvalue weighted by Crippen LogP contribution is 2.67. The quantitative estimate of drug-likeness (QED) is 0.605. The van der Waals surface area contributed by atoms with Gasteiger partial charge in [0.25, 0.3) is 0 Å². The Morgan fingerprint density at radius 3 is 2.55 bits per heavy atom. The molecule has 4 nitrogen and oxygen atoms in total. The largest absolute Gasteiger partial charge is 0.480 e. The number of benzene rings is 1. The molecule has 2 aliphatic rings. The van der Waals surface area contributed by atoms with Crippen LogP contribution in [0.3, 0.4) is 0 Å². The number of hydrogen-bond donors (Lipinski definition) is 0. The summed E-state index contributed by atoms with van der Waals surface area (Å²) in [7, 11) is 0. The maximum atomic E-state index is 14.3. The Kier molecular flexibility index (Phi) is 3.79. The van der Waals surface area contributed by atoms with Gasteiger partial charge in [0.2, 0.25) is 0 Å². The highest BCUT2D eigenvalue weighted by Gasteiger charge is 2.65. The molecule has 2 aromatic heterocycles. The lowest BCUT2D eigenvalue weighted by atomic mass is 9.77. The molecule has 148 valence electrons. The number of ether oxygens (including phenoxy) is 1. The van der Waals surface area contributed by atoms with Gasteiger partial charge in [-0.05, 0) is 55.5 Å². The van der Waals surface area contributed by atoms with Crippen LogP contribution in [0.15, 0.2) is 42.6 Å². The summed E-state index contributed by atoms with van der Waals surface area (Å²) in [4.78, 5) is 4.24. The van der Waals surface area contributed by atoms with Crippen LogP contribution in [0.4, 0.5) is 8.78 Å². The molecular weight excluding hydrogens is 372 g/mol. The van der Waals surface area contributed by atoms with Crippen LogP contribution < -0.4 is 4.74 Å². The zero-order valence-electron chi connectivity index (χ0n) is 16.5. The number of nitrogens with zero attached hydrogens (tertiary/aromatic N) is 3. The molecule has 1 aromatic carbocycles. The van der Waals surface area contributed by atoms with Crippen molar-refractivity contribution in [3.05, 3.63) is 71.2 Å². The lowest BCUT2D eigenvalue weighted by molar-refractivity contribution is -0.0192. The fourth-order valence-corrected chi connectivity index (χ4v) is 5.15. The number of fused-ring (bicyclic) bond motifs is 5. The highest BCUT2D eigenvalue weighted by molar-refractivity contribution is 5.63. The first-order valence-electron chi connectivity index (χ1n) is 9.78. The summed E-state index contributed by atoms with van der Waals surface area (Å²) in [5.41, 5.74) is 1.85. The summed E-state index contributed by atoms with van der Waals surface area (Å²) in [6, 6.07) is 9.36. The van der Waals surface area contributed by atoms with Crippen molar-refractivity contribution in [3.63, 3.8) is 0 Å². The second-order valence-electron chi connectivity index (χ2n) is 8.51. The van der Waals surface area contributed by atoms with E-state index in [1.807, 2.05) is 19.1 Å². The second kappa shape index (κ2) is 6.05. The van der Waals surface area contributed by atoms with Gasteiger partial charge >= 0.3 is 0 Å². The molecule has 3 aromatic rings. The van der Waals surface area contributed by atoms with Crippen LogP contribution in [0, 0.1) is 24.0 Å². The van der Waals surface area contributed by atoms with Crippen molar-refractivity contribution in [2.45, 2.75) is 45.1 Å². The number of aryl methyl sites for hydroxylation is 1. The van der Waals surface area contributed by atoms with Crippen LogP contribution in [0.1, 0.15) is 49.6 Å². The van der Waals surface area contributed by atoms with Crippen LogP contribution >= 0.6 is 0 Å². The predicted octanol–water partition coefficient (Wildman–Crippen LogP) is 5.32. The zero-order chi connectivity index (χ0) is 20.4. The fraction of sp³-hybridized carbons (Fsp3) is 0.348. The third-order valence-corrected chi connectivity index (χ3v) is 6.66. The third-order valence-electron chi connectivity index (χ3n) is 6.66. The average molecular weight is 393 g/mol. The van der Waals surface area contributed by atoms with E-state index in [1.54, 1.807) is 12.3 Å². The summed E-state index contributed by atoms with van der Waals surface area (Å²) < 4.78 is 35.2. The number of aromatic nitrogens is 3. The first-order valence-corrected chi connectivity index (χ1v) is 9.78. The molecule has 0 N–H and O–H groups in total. The third kappa shape index (κ3) is 2.44. The average Bonchev–Trinajstić information content (AvgIpc) is 3.02. The first kappa shape index (κ1) is 18.2. The number of halogens is 2. The van der Waals surface area contributed by atoms with Crippen molar-refractivity contribution in [2.24, 2.45) is 5.41 Å². The Labute approximate surface area is 168 Å². The molecule has 2 heterocycles. The van der Waals surface area contributed by atoms with E-state index in [9.17, 15) is 8.78 Å². The van der Waals surface area contributed by atoms with Crippen LogP contribution in [0.5, 0.6) is 5.75 Å². The van der Waals surface area contributed by atoms with Crippen molar-refractivity contribution in [2.75, 3.05) is 0 Å². The minimum absolute atomic E-state index is 0.136. The first-order chi connectivity index (χ1) is 13.8. The molecule has 2 atom stereocenters. The molecule has 2 aliphatic carbocycles. The lowest BCUT2D eigenvalue weighted by Crippen LogP contribution is -2.41. The summed E-state index contributed by atoms with van der Waals surface area (Å²) in [6.07, 6.45) is 3.47. The fourth-order valence-electron chi connectivity index (χ4n) is 5.15. The van der Waals surface area contributed by atoms with Gasteiger partial charge in [-0.15, -0.1) is 5.10 Å². The van der Waals surface area contributed by atoms with Crippen molar-refractivity contribution in [3.8, 4) is 17.0 Å². The normalized spacial score (nSPS) is 23.8. The molecule has 0 spiro atoms. The van der Waals surface area contributed by atoms with Crippen molar-refractivity contribution in [1.82, 2.24) is 15.2 Å². The van der Waals surface area contributed by atoms with Crippen LogP contribution in [-0.4, -0.2) is 15.2 Å². The smallest absolute Gasteiger partial charge is 0.158 e. The molecule has 0 aliphatic heterocycles. The van der Waals surface area contributed by atoms with E-state index in [2.05, 4.69) is 29.0 Å². The van der Waals surface area contributed by atoms with Gasteiger partial charge in [-0.25, -0.2) is 8.78 Å². The standard InChI is InChI=1S/C23H21F2N3O/c1-13-11-14(8-10-26-13)29-23-9-7-16(22(23,2)3)15-12-19(27-28-21(15)23)20-17(24)5-4-6-18(20)25/h4-6,8,10-12,16H,7,9H2,1-3H3/t16?,23-/m0/s1. The van der Waals surface area contributed by atoms with Gasteiger partial charge in [0.15, 0.2) is 5.60 Å². The maximum absolute atomic E-state index is 14.3. The Hall–Kier alpha value is -2.89. The molecule has 0 saturated heterocycles. The number of hydrogen-bond acceptors (Lipinski definition) is 4. The molecule has 5 rings (SSSR count). The Morgan fingerprint density at radius 1 is 1.07 bits per heavy atom. The second-order valence-corrected chi connectivity index (χ2v) is 8.51. The molecule has 29 heavy (non-hydrogen) atoms. The van der Waals surface area contributed by atoms with Crippen molar-refractivity contribution in [1.29, 1.82) is 0 Å². The van der Waals surface area contributed by atoms with Gasteiger partial charge in [-0.3, -0.25) is 4.98 Å². The molecule has 0 radical (unpaired) electrons. The number of rotatable bonds is 3. The summed E-state index contributed by atoms with van der Waals surface area (Å²) in [5, 5.41) is 8.67. The zero-order valence-corrected chi connectivity index (χ0v) is 16.5. The summed E-state index contributed by atoms with van der Waals surface area (Å²) >= 11 is 0. The van der Waals surface area contributed by atoms with E-state index in [0.717, 1.165) is 35.5 Å². The minimum Gasteiger partial charge on any atom is -0.480 e. The van der Waals surface area contributed by atoms with E-state index in [-0.39, 0.29) is 22.6 Å². The van der Waals surface area contributed by atoms with E-state index in [1.165, 1.54) is 18.2 Å². The van der Waals surface area contributed by atoms with Gasteiger partial charge in [-0.1, -0.05) is 19.9 Å². The SMILES string of the molecule is Cc1cc(O[C@@]23CCC(c4cc(-c5c(F)cccc5F)nnc42)C3(C)C)ccn1. The van der Waals surface area contributed by atoms with E-state index < -0.39 is 17.2 Å². The lowest BCUT2D eigenvalue weighted by Gasteiger charge is -2.38. The van der Waals surface area contributed by atoms with Crippen LogP contribution in [0.25, 0.3) is 11.3 Å². The Bertz CT molecular complexity index is 1110. The van der Waals surface area contributed by atoms with Gasteiger partial charge in [0.05, 0.1) is 11.3 Å². The predicted molar refractivity (Wildman–Crippen MR) is 104 cm³/mol. The van der Waals surface area contributed by atoms with E-state index >= 15 is 0 Å².